The fraction of sp³-hybridized carbons (Fsp3) is 0.308. The second-order valence-corrected chi connectivity index (χ2v) is 9.33. The van der Waals surface area contributed by atoms with E-state index in [9.17, 15) is 4.79 Å². The van der Waals surface area contributed by atoms with Gasteiger partial charge in [0, 0.05) is 18.7 Å². The maximum absolute atomic E-state index is 12.6. The Morgan fingerprint density at radius 3 is 2.75 bits per heavy atom. The number of benzene rings is 2. The summed E-state index contributed by atoms with van der Waals surface area (Å²) in [7, 11) is 1.64. The molecule has 0 unspecified atom stereocenters. The average molecular weight is 447 g/mol. The summed E-state index contributed by atoms with van der Waals surface area (Å²) < 4.78 is 11.3. The van der Waals surface area contributed by atoms with Gasteiger partial charge in [0.05, 0.1) is 12.0 Å². The third-order valence-electron chi connectivity index (χ3n) is 6.13. The zero-order valence-electron chi connectivity index (χ0n) is 18.1. The number of para-hydroxylation sites is 1. The Morgan fingerprint density at radius 1 is 1.16 bits per heavy atom. The van der Waals surface area contributed by atoms with Crippen LogP contribution in [0.25, 0.3) is 6.08 Å². The first-order valence-electron chi connectivity index (χ1n) is 11.0. The highest BCUT2D eigenvalue weighted by molar-refractivity contribution is 8.18. The number of likely N-dealkylation sites (tertiary alicyclic amines) is 1. The Hall–Kier alpha value is -2.99. The number of thioether (sulfide) groups is 1. The SMILES string of the molecule is COc1cccc2c1OCC(/C=C1\SC(N3CCC(Cc4ccccc4)CC3)=NC1=O)=C2. The Kier molecular flexibility index (Phi) is 6.04. The molecule has 0 atom stereocenters. The van der Waals surface area contributed by atoms with Crippen LogP contribution in [0, 0.1) is 5.92 Å². The topological polar surface area (TPSA) is 51.1 Å². The van der Waals surface area contributed by atoms with Crippen LogP contribution in [-0.4, -0.2) is 42.8 Å². The number of ether oxygens (including phenoxy) is 2. The predicted octanol–water partition coefficient (Wildman–Crippen LogP) is 4.94. The molecule has 32 heavy (non-hydrogen) atoms. The number of carbonyl (C=O) groups excluding carboxylic acids is 1. The van der Waals surface area contributed by atoms with Crippen molar-refractivity contribution in [2.24, 2.45) is 10.9 Å². The summed E-state index contributed by atoms with van der Waals surface area (Å²) >= 11 is 1.48. The van der Waals surface area contributed by atoms with E-state index in [4.69, 9.17) is 9.47 Å². The fourth-order valence-electron chi connectivity index (χ4n) is 4.42. The summed E-state index contributed by atoms with van der Waals surface area (Å²) in [5.74, 6) is 2.00. The molecule has 1 fully saturated rings. The van der Waals surface area contributed by atoms with Gasteiger partial charge in [0.1, 0.15) is 6.61 Å². The zero-order valence-corrected chi connectivity index (χ0v) is 18.9. The maximum Gasteiger partial charge on any atom is 0.286 e. The van der Waals surface area contributed by atoms with Gasteiger partial charge < -0.3 is 14.4 Å². The molecular weight excluding hydrogens is 420 g/mol. The second-order valence-electron chi connectivity index (χ2n) is 8.32. The van der Waals surface area contributed by atoms with Gasteiger partial charge in [-0.25, -0.2) is 0 Å². The van der Waals surface area contributed by atoms with Crippen molar-refractivity contribution in [2.75, 3.05) is 26.8 Å². The minimum atomic E-state index is -0.159. The molecule has 5 rings (SSSR count). The highest BCUT2D eigenvalue weighted by Crippen LogP contribution is 2.37. The number of carbonyl (C=O) groups is 1. The van der Waals surface area contributed by atoms with Crippen molar-refractivity contribution in [1.29, 1.82) is 0 Å². The molecule has 164 valence electrons. The summed E-state index contributed by atoms with van der Waals surface area (Å²) in [5, 5.41) is 0.832. The van der Waals surface area contributed by atoms with Crippen molar-refractivity contribution in [1.82, 2.24) is 4.90 Å². The zero-order chi connectivity index (χ0) is 21.9. The number of hydrogen-bond acceptors (Lipinski definition) is 5. The van der Waals surface area contributed by atoms with Crippen LogP contribution < -0.4 is 9.47 Å². The minimum absolute atomic E-state index is 0.159. The summed E-state index contributed by atoms with van der Waals surface area (Å²) in [5.41, 5.74) is 3.32. The van der Waals surface area contributed by atoms with Crippen molar-refractivity contribution in [3.8, 4) is 11.5 Å². The molecule has 1 saturated heterocycles. The van der Waals surface area contributed by atoms with E-state index in [2.05, 4.69) is 46.3 Å². The van der Waals surface area contributed by atoms with Crippen molar-refractivity contribution in [3.63, 3.8) is 0 Å². The van der Waals surface area contributed by atoms with Crippen LogP contribution in [0.15, 0.2) is 70.1 Å². The molecule has 3 heterocycles. The Balaban J connectivity index is 1.21. The van der Waals surface area contributed by atoms with Gasteiger partial charge >= 0.3 is 0 Å². The lowest BCUT2D eigenvalue weighted by molar-refractivity contribution is -0.113. The molecule has 0 bridgehead atoms. The third kappa shape index (κ3) is 4.46. The average Bonchev–Trinajstić information content (AvgIpc) is 3.19. The van der Waals surface area contributed by atoms with Crippen LogP contribution in [-0.2, 0) is 11.2 Å². The molecule has 0 aliphatic carbocycles. The van der Waals surface area contributed by atoms with Crippen LogP contribution in [0.3, 0.4) is 0 Å². The number of amidine groups is 1. The largest absolute Gasteiger partial charge is 0.493 e. The molecule has 2 aromatic rings. The number of nitrogens with zero attached hydrogens (tertiary/aromatic N) is 2. The molecule has 0 saturated carbocycles. The van der Waals surface area contributed by atoms with E-state index in [1.54, 1.807) is 7.11 Å². The molecule has 0 spiro atoms. The number of methoxy groups -OCH3 is 1. The number of amides is 1. The molecule has 6 heteroatoms. The van der Waals surface area contributed by atoms with Crippen molar-refractivity contribution in [3.05, 3.63) is 76.2 Å². The van der Waals surface area contributed by atoms with E-state index in [1.165, 1.54) is 17.3 Å². The lowest BCUT2D eigenvalue weighted by atomic mass is 9.90. The van der Waals surface area contributed by atoms with Crippen molar-refractivity contribution in [2.45, 2.75) is 19.3 Å². The number of hydrogen-bond donors (Lipinski definition) is 0. The first-order chi connectivity index (χ1) is 15.7. The molecule has 0 radical (unpaired) electrons. The first kappa shape index (κ1) is 20.9. The van der Waals surface area contributed by atoms with E-state index in [0.717, 1.165) is 60.2 Å². The lowest BCUT2D eigenvalue weighted by Crippen LogP contribution is -2.37. The highest BCUT2D eigenvalue weighted by atomic mass is 32.2. The molecule has 5 nitrogen and oxygen atoms in total. The van der Waals surface area contributed by atoms with Crippen molar-refractivity contribution < 1.29 is 14.3 Å². The molecular formula is C26H26N2O3S. The van der Waals surface area contributed by atoms with Gasteiger partial charge in [-0.3, -0.25) is 4.79 Å². The summed E-state index contributed by atoms with van der Waals surface area (Å²) in [6.07, 6.45) is 7.33. The lowest BCUT2D eigenvalue weighted by Gasteiger charge is -2.32. The summed E-state index contributed by atoms with van der Waals surface area (Å²) in [6, 6.07) is 16.5. The maximum atomic E-state index is 12.6. The minimum Gasteiger partial charge on any atom is -0.493 e. The van der Waals surface area contributed by atoms with Crippen molar-refractivity contribution >= 4 is 28.9 Å². The second kappa shape index (κ2) is 9.25. The molecule has 0 N–H and O–H groups in total. The normalized spacial score (nSPS) is 20.0. The van der Waals surface area contributed by atoms with E-state index in [-0.39, 0.29) is 5.91 Å². The standard InChI is InChI=1S/C26H26N2O3S/c1-30-22-9-5-8-21-15-20(17-31-24(21)22)16-23-25(29)27-26(32-23)28-12-10-19(11-13-28)14-18-6-3-2-4-7-18/h2-9,15-16,19H,10-14,17H2,1H3/b23-16-. The van der Waals surface area contributed by atoms with Gasteiger partial charge in [0.2, 0.25) is 0 Å². The summed E-state index contributed by atoms with van der Waals surface area (Å²) in [6.45, 7) is 2.30. The number of piperidine rings is 1. The van der Waals surface area contributed by atoms with Crippen LogP contribution >= 0.6 is 11.8 Å². The van der Waals surface area contributed by atoms with Gasteiger partial charge in [0.15, 0.2) is 16.7 Å². The predicted molar refractivity (Wildman–Crippen MR) is 129 cm³/mol. The third-order valence-corrected chi connectivity index (χ3v) is 7.18. The first-order valence-corrected chi connectivity index (χ1v) is 11.8. The van der Waals surface area contributed by atoms with Gasteiger partial charge in [-0.1, -0.05) is 42.5 Å². The monoisotopic (exact) mass is 446 g/mol. The molecule has 3 aliphatic rings. The Bertz CT molecular complexity index is 1100. The quantitative estimate of drug-likeness (QED) is 0.623. The van der Waals surface area contributed by atoms with E-state index < -0.39 is 0 Å². The van der Waals surface area contributed by atoms with E-state index >= 15 is 0 Å². The van der Waals surface area contributed by atoms with Crippen LogP contribution in [0.4, 0.5) is 0 Å². The number of fused-ring (bicyclic) bond motifs is 1. The van der Waals surface area contributed by atoms with Gasteiger partial charge in [-0.2, -0.15) is 4.99 Å². The van der Waals surface area contributed by atoms with E-state index in [1.807, 2.05) is 24.3 Å². The molecule has 2 aromatic carbocycles. The number of rotatable bonds is 4. The summed E-state index contributed by atoms with van der Waals surface area (Å²) in [4.78, 5) is 19.8. The molecule has 1 amide bonds. The van der Waals surface area contributed by atoms with Crippen LogP contribution in [0.5, 0.6) is 11.5 Å². The number of aliphatic imine (C=N–C) groups is 1. The van der Waals surface area contributed by atoms with E-state index in [0.29, 0.717) is 17.4 Å². The smallest absolute Gasteiger partial charge is 0.286 e. The van der Waals surface area contributed by atoms with Crippen LogP contribution in [0.1, 0.15) is 24.0 Å². The fourth-order valence-corrected chi connectivity index (χ4v) is 5.40. The van der Waals surface area contributed by atoms with Gasteiger partial charge in [0.25, 0.3) is 5.91 Å². The highest BCUT2D eigenvalue weighted by Gasteiger charge is 2.29. The Morgan fingerprint density at radius 2 is 1.97 bits per heavy atom. The Labute approximate surface area is 192 Å². The van der Waals surface area contributed by atoms with Crippen LogP contribution in [0.2, 0.25) is 0 Å². The molecule has 0 aromatic heterocycles. The molecule has 3 aliphatic heterocycles. The van der Waals surface area contributed by atoms with Gasteiger partial charge in [-0.15, -0.1) is 0 Å². The van der Waals surface area contributed by atoms with Gasteiger partial charge in [-0.05, 0) is 66.3 Å².